The summed E-state index contributed by atoms with van der Waals surface area (Å²) in [5.41, 5.74) is 3.06. The first-order chi connectivity index (χ1) is 16.4. The van der Waals surface area contributed by atoms with Gasteiger partial charge in [0, 0.05) is 16.1 Å². The van der Waals surface area contributed by atoms with Gasteiger partial charge in [0.2, 0.25) is 5.91 Å². The predicted octanol–water partition coefficient (Wildman–Crippen LogP) is 6.38. The maximum atomic E-state index is 12.8. The largest absolute Gasteiger partial charge is 0.494 e. The van der Waals surface area contributed by atoms with Crippen LogP contribution in [0.2, 0.25) is 0 Å². The van der Waals surface area contributed by atoms with Gasteiger partial charge in [-0.2, -0.15) is 0 Å². The lowest BCUT2D eigenvalue weighted by molar-refractivity contribution is -0.115. The molecule has 0 saturated carbocycles. The summed E-state index contributed by atoms with van der Waals surface area (Å²) in [6.45, 7) is 6.29. The van der Waals surface area contributed by atoms with E-state index < -0.39 is 0 Å². The first kappa shape index (κ1) is 23.8. The summed E-state index contributed by atoms with van der Waals surface area (Å²) in [5.74, 6) is 0.493. The van der Waals surface area contributed by atoms with E-state index in [0.29, 0.717) is 23.0 Å². The predicted molar refractivity (Wildman–Crippen MR) is 140 cm³/mol. The molecular formula is C26H25N3O3S2. The number of hydrogen-bond acceptors (Lipinski definition) is 6. The first-order valence-corrected chi connectivity index (χ1v) is 12.6. The van der Waals surface area contributed by atoms with Crippen LogP contribution in [-0.4, -0.2) is 28.7 Å². The van der Waals surface area contributed by atoms with Crippen molar-refractivity contribution in [3.05, 3.63) is 77.9 Å². The Morgan fingerprint density at radius 3 is 2.68 bits per heavy atom. The van der Waals surface area contributed by atoms with E-state index in [1.165, 1.54) is 23.1 Å². The van der Waals surface area contributed by atoms with Crippen LogP contribution in [0.5, 0.6) is 5.75 Å². The van der Waals surface area contributed by atoms with Crippen LogP contribution in [-0.2, 0) is 4.79 Å². The minimum Gasteiger partial charge on any atom is -0.494 e. The number of aromatic nitrogens is 1. The molecule has 2 amide bonds. The van der Waals surface area contributed by atoms with E-state index in [4.69, 9.17) is 4.74 Å². The molecule has 8 heteroatoms. The number of nitrogens with zero attached hydrogens (tertiary/aromatic N) is 1. The minimum atomic E-state index is -0.353. The fraction of sp³-hybridized carbons (Fsp3) is 0.192. The average molecular weight is 492 g/mol. The van der Waals surface area contributed by atoms with Crippen LogP contribution in [0.4, 0.5) is 10.8 Å². The Balaban J connectivity index is 1.39. The summed E-state index contributed by atoms with van der Waals surface area (Å²) in [7, 11) is 0. The number of thiazole rings is 1. The van der Waals surface area contributed by atoms with Crippen LogP contribution in [0.1, 0.15) is 29.8 Å². The maximum Gasteiger partial charge on any atom is 0.255 e. The van der Waals surface area contributed by atoms with Crippen LogP contribution in [0.3, 0.4) is 0 Å². The second kappa shape index (κ2) is 10.7. The lowest BCUT2D eigenvalue weighted by atomic mass is 10.1. The van der Waals surface area contributed by atoms with Crippen molar-refractivity contribution < 1.29 is 14.3 Å². The van der Waals surface area contributed by atoms with Gasteiger partial charge in [0.25, 0.3) is 5.91 Å². The van der Waals surface area contributed by atoms with Crippen LogP contribution >= 0.6 is 23.1 Å². The zero-order valence-corrected chi connectivity index (χ0v) is 20.8. The van der Waals surface area contributed by atoms with Gasteiger partial charge in [0.15, 0.2) is 5.13 Å². The van der Waals surface area contributed by atoms with Crippen molar-refractivity contribution in [2.45, 2.75) is 30.9 Å². The van der Waals surface area contributed by atoms with Crippen LogP contribution < -0.4 is 15.4 Å². The molecule has 0 aliphatic rings. The summed E-state index contributed by atoms with van der Waals surface area (Å²) in [5, 5.41) is 6.06. The number of carbonyl (C=O) groups is 2. The standard InChI is InChI=1S/C26H25N3O3S2/c1-4-32-19-12-13-22-23(15-19)34-26(28-22)29-24(30)17(3)33-20-10-7-9-18(14-20)27-25(31)21-11-6-5-8-16(21)2/h5-15,17H,4H2,1-3H3,(H,27,31)(H,28,29,30). The van der Waals surface area contributed by atoms with Crippen molar-refractivity contribution in [2.24, 2.45) is 0 Å². The molecule has 0 aliphatic heterocycles. The lowest BCUT2D eigenvalue weighted by Crippen LogP contribution is -2.22. The highest BCUT2D eigenvalue weighted by Crippen LogP contribution is 2.31. The molecule has 0 spiro atoms. The smallest absolute Gasteiger partial charge is 0.255 e. The molecule has 4 aromatic rings. The van der Waals surface area contributed by atoms with Crippen molar-refractivity contribution in [2.75, 3.05) is 17.2 Å². The number of rotatable bonds is 8. The van der Waals surface area contributed by atoms with E-state index in [1.54, 1.807) is 6.07 Å². The molecule has 1 aromatic heterocycles. The second-order valence-corrected chi connectivity index (χ2v) is 10.1. The number of aryl methyl sites for hydroxylation is 1. The number of hydrogen-bond donors (Lipinski definition) is 2. The van der Waals surface area contributed by atoms with Gasteiger partial charge < -0.3 is 15.4 Å². The zero-order valence-electron chi connectivity index (χ0n) is 19.1. The molecule has 0 saturated heterocycles. The van der Waals surface area contributed by atoms with Crippen LogP contribution in [0.25, 0.3) is 10.2 Å². The topological polar surface area (TPSA) is 80.3 Å². The van der Waals surface area contributed by atoms with Crippen molar-refractivity contribution >= 4 is 55.9 Å². The highest BCUT2D eigenvalue weighted by Gasteiger charge is 2.17. The van der Waals surface area contributed by atoms with Gasteiger partial charge in [-0.3, -0.25) is 9.59 Å². The Labute approximate surface area is 206 Å². The molecule has 0 bridgehead atoms. The van der Waals surface area contributed by atoms with Gasteiger partial charge in [-0.1, -0.05) is 35.6 Å². The normalized spacial score (nSPS) is 11.7. The number of thioether (sulfide) groups is 1. The summed E-state index contributed by atoms with van der Waals surface area (Å²) in [6.07, 6.45) is 0. The highest BCUT2D eigenvalue weighted by molar-refractivity contribution is 8.00. The molecule has 34 heavy (non-hydrogen) atoms. The Hall–Kier alpha value is -3.36. The number of fused-ring (bicyclic) bond motifs is 1. The van der Waals surface area contributed by atoms with E-state index in [2.05, 4.69) is 15.6 Å². The van der Waals surface area contributed by atoms with Gasteiger partial charge in [-0.25, -0.2) is 4.98 Å². The summed E-state index contributed by atoms with van der Waals surface area (Å²) >= 11 is 2.84. The first-order valence-electron chi connectivity index (χ1n) is 10.9. The Morgan fingerprint density at radius 2 is 1.88 bits per heavy atom. The molecule has 0 radical (unpaired) electrons. The van der Waals surface area contributed by atoms with Crippen molar-refractivity contribution in [1.29, 1.82) is 0 Å². The Kier molecular flexibility index (Phi) is 7.49. The third-order valence-electron chi connectivity index (χ3n) is 5.06. The number of benzene rings is 3. The lowest BCUT2D eigenvalue weighted by Gasteiger charge is -2.12. The summed E-state index contributed by atoms with van der Waals surface area (Å²) in [4.78, 5) is 30.8. The second-order valence-electron chi connectivity index (χ2n) is 7.63. The number of ether oxygens (including phenoxy) is 1. The molecule has 0 fully saturated rings. The van der Waals surface area contributed by atoms with Gasteiger partial charge in [0.05, 0.1) is 22.1 Å². The third-order valence-corrected chi connectivity index (χ3v) is 7.09. The minimum absolute atomic E-state index is 0.136. The summed E-state index contributed by atoms with van der Waals surface area (Å²) in [6, 6.07) is 20.7. The zero-order chi connectivity index (χ0) is 24.1. The van der Waals surface area contributed by atoms with Crippen molar-refractivity contribution in [1.82, 2.24) is 4.98 Å². The number of amides is 2. The fourth-order valence-electron chi connectivity index (χ4n) is 3.35. The van der Waals surface area contributed by atoms with Crippen LogP contribution in [0.15, 0.2) is 71.6 Å². The number of anilines is 2. The molecule has 0 aliphatic carbocycles. The number of nitrogens with one attached hydrogen (secondary N) is 2. The Morgan fingerprint density at radius 1 is 1.06 bits per heavy atom. The van der Waals surface area contributed by atoms with E-state index in [-0.39, 0.29) is 17.1 Å². The molecule has 4 rings (SSSR count). The molecule has 174 valence electrons. The molecule has 1 heterocycles. The summed E-state index contributed by atoms with van der Waals surface area (Å²) < 4.78 is 6.49. The monoisotopic (exact) mass is 491 g/mol. The maximum absolute atomic E-state index is 12.8. The average Bonchev–Trinajstić information content (AvgIpc) is 3.21. The molecule has 3 aromatic carbocycles. The van der Waals surface area contributed by atoms with Gasteiger partial charge in [-0.05, 0) is 68.8 Å². The SMILES string of the molecule is CCOc1ccc2nc(NC(=O)C(C)Sc3cccc(NC(=O)c4ccccc4C)c3)sc2c1. The number of carbonyl (C=O) groups excluding carboxylic acids is 2. The van der Waals surface area contributed by atoms with E-state index in [9.17, 15) is 9.59 Å². The van der Waals surface area contributed by atoms with Crippen molar-refractivity contribution in [3.8, 4) is 5.75 Å². The Bertz CT molecular complexity index is 1340. The van der Waals surface area contributed by atoms with Gasteiger partial charge >= 0.3 is 0 Å². The van der Waals surface area contributed by atoms with Gasteiger partial charge in [-0.15, -0.1) is 11.8 Å². The van der Waals surface area contributed by atoms with E-state index in [0.717, 1.165) is 26.4 Å². The molecule has 6 nitrogen and oxygen atoms in total. The van der Waals surface area contributed by atoms with Crippen LogP contribution in [0, 0.1) is 6.92 Å². The highest BCUT2D eigenvalue weighted by atomic mass is 32.2. The molecule has 1 unspecified atom stereocenters. The molecular weight excluding hydrogens is 466 g/mol. The third kappa shape index (κ3) is 5.76. The quantitative estimate of drug-likeness (QED) is 0.280. The molecule has 2 N–H and O–H groups in total. The van der Waals surface area contributed by atoms with Crippen molar-refractivity contribution in [3.63, 3.8) is 0 Å². The van der Waals surface area contributed by atoms with E-state index >= 15 is 0 Å². The molecule has 1 atom stereocenters. The van der Waals surface area contributed by atoms with Gasteiger partial charge in [0.1, 0.15) is 5.75 Å². The van der Waals surface area contributed by atoms with E-state index in [1.807, 2.05) is 81.4 Å². The fourth-order valence-corrected chi connectivity index (χ4v) is 5.18.